The minimum Gasteiger partial charge on any atom is -0.302 e. The molecule has 0 spiro atoms. The van der Waals surface area contributed by atoms with E-state index in [2.05, 4.69) is 10.3 Å². The van der Waals surface area contributed by atoms with Crippen molar-refractivity contribution in [3.05, 3.63) is 34.2 Å². The summed E-state index contributed by atoms with van der Waals surface area (Å²) in [4.78, 5) is 15.1. The van der Waals surface area contributed by atoms with Gasteiger partial charge in [-0.3, -0.25) is 4.79 Å². The Morgan fingerprint density at radius 3 is 2.94 bits per heavy atom. The van der Waals surface area contributed by atoms with Gasteiger partial charge in [-0.15, -0.1) is 11.3 Å². The number of thiazole rings is 1. The van der Waals surface area contributed by atoms with Crippen molar-refractivity contribution < 1.29 is 9.18 Å². The third-order valence-corrected chi connectivity index (χ3v) is 3.17. The summed E-state index contributed by atoms with van der Waals surface area (Å²) in [6.07, 6.45) is 0. The van der Waals surface area contributed by atoms with E-state index < -0.39 is 6.67 Å². The van der Waals surface area contributed by atoms with Gasteiger partial charge in [-0.1, -0.05) is 11.6 Å². The van der Waals surface area contributed by atoms with Gasteiger partial charge >= 0.3 is 0 Å². The van der Waals surface area contributed by atoms with Crippen LogP contribution in [0.25, 0.3) is 11.3 Å². The highest BCUT2D eigenvalue weighted by molar-refractivity contribution is 7.14. The molecule has 18 heavy (non-hydrogen) atoms. The number of anilines is 1. The van der Waals surface area contributed by atoms with Gasteiger partial charge in [-0.05, 0) is 23.8 Å². The van der Waals surface area contributed by atoms with Crippen LogP contribution in [0, 0.1) is 0 Å². The van der Waals surface area contributed by atoms with E-state index in [9.17, 15) is 9.18 Å². The Kier molecular flexibility index (Phi) is 3.93. The number of carbonyl (C=O) groups is 1. The molecule has 0 aliphatic rings. The van der Waals surface area contributed by atoms with Crippen molar-refractivity contribution in [3.8, 4) is 11.3 Å². The number of nitrogens with zero attached hydrogens (tertiary/aromatic N) is 1. The molecule has 1 amide bonds. The lowest BCUT2D eigenvalue weighted by atomic mass is 10.1. The number of carbonyl (C=O) groups excluding carboxylic acids is 1. The zero-order valence-corrected chi connectivity index (χ0v) is 11.1. The van der Waals surface area contributed by atoms with Gasteiger partial charge < -0.3 is 5.32 Å². The summed E-state index contributed by atoms with van der Waals surface area (Å²) < 4.78 is 12.6. The molecule has 3 nitrogen and oxygen atoms in total. The van der Waals surface area contributed by atoms with E-state index in [0.29, 0.717) is 21.4 Å². The van der Waals surface area contributed by atoms with Gasteiger partial charge in [0.05, 0.1) is 5.69 Å². The molecule has 0 radical (unpaired) electrons. The van der Waals surface area contributed by atoms with Crippen LogP contribution in [0.2, 0.25) is 5.02 Å². The highest BCUT2D eigenvalue weighted by Gasteiger charge is 2.07. The van der Waals surface area contributed by atoms with Gasteiger partial charge in [0.1, 0.15) is 6.67 Å². The van der Waals surface area contributed by atoms with Crippen molar-refractivity contribution in [2.75, 3.05) is 5.32 Å². The van der Waals surface area contributed by atoms with Crippen LogP contribution in [0.15, 0.2) is 23.6 Å². The van der Waals surface area contributed by atoms with Crippen LogP contribution in [-0.4, -0.2) is 10.9 Å². The summed E-state index contributed by atoms with van der Waals surface area (Å²) in [5, 5.41) is 5.37. The number of amides is 1. The fourth-order valence-corrected chi connectivity index (χ4v) is 2.51. The molecule has 0 saturated carbocycles. The molecule has 1 aromatic carbocycles. The Bertz CT molecular complexity index is 585. The highest BCUT2D eigenvalue weighted by Crippen LogP contribution is 2.28. The third kappa shape index (κ3) is 3.05. The van der Waals surface area contributed by atoms with Crippen molar-refractivity contribution in [2.45, 2.75) is 13.6 Å². The first kappa shape index (κ1) is 13.0. The van der Waals surface area contributed by atoms with Crippen molar-refractivity contribution >= 4 is 34.0 Å². The molecule has 1 heterocycles. The molecule has 0 aliphatic heterocycles. The van der Waals surface area contributed by atoms with Crippen LogP contribution in [-0.2, 0) is 11.5 Å². The summed E-state index contributed by atoms with van der Waals surface area (Å²) in [6.45, 7) is 0.845. The second kappa shape index (κ2) is 5.46. The average molecular weight is 285 g/mol. The molecule has 0 atom stereocenters. The maximum absolute atomic E-state index is 12.6. The van der Waals surface area contributed by atoms with E-state index >= 15 is 0 Å². The number of hydrogen-bond donors (Lipinski definition) is 1. The van der Waals surface area contributed by atoms with E-state index in [-0.39, 0.29) is 5.91 Å². The van der Waals surface area contributed by atoms with Gasteiger partial charge in [0.25, 0.3) is 0 Å². The molecular weight excluding hydrogens is 275 g/mol. The lowest BCUT2D eigenvalue weighted by Gasteiger charge is -2.01. The van der Waals surface area contributed by atoms with Gasteiger partial charge in [0.2, 0.25) is 5.91 Å². The second-order valence-electron chi connectivity index (χ2n) is 3.70. The zero-order chi connectivity index (χ0) is 13.1. The molecule has 2 rings (SSSR count). The molecule has 1 N–H and O–H groups in total. The first-order valence-electron chi connectivity index (χ1n) is 5.17. The van der Waals surface area contributed by atoms with Gasteiger partial charge in [0, 0.05) is 22.9 Å². The first-order chi connectivity index (χ1) is 8.58. The second-order valence-corrected chi connectivity index (χ2v) is 5.00. The van der Waals surface area contributed by atoms with E-state index in [0.717, 1.165) is 5.56 Å². The number of halogens is 2. The smallest absolute Gasteiger partial charge is 0.223 e. The van der Waals surface area contributed by atoms with Crippen LogP contribution in [0.4, 0.5) is 9.52 Å². The molecule has 0 aliphatic carbocycles. The lowest BCUT2D eigenvalue weighted by molar-refractivity contribution is -0.114. The molecular formula is C12H10ClFN2OS. The maximum Gasteiger partial charge on any atom is 0.223 e. The quantitative estimate of drug-likeness (QED) is 0.929. The Morgan fingerprint density at radius 2 is 2.28 bits per heavy atom. The summed E-state index contributed by atoms with van der Waals surface area (Å²) in [5.41, 5.74) is 1.91. The number of hydrogen-bond acceptors (Lipinski definition) is 3. The molecule has 0 saturated heterocycles. The normalized spacial score (nSPS) is 10.4. The molecule has 0 unspecified atom stereocenters. The number of benzene rings is 1. The van der Waals surface area contributed by atoms with Crippen LogP contribution in [0.3, 0.4) is 0 Å². The SMILES string of the molecule is CC(=O)Nc1nc(-c2cc(Cl)cc(CF)c2)cs1. The van der Waals surface area contributed by atoms with Crippen LogP contribution >= 0.6 is 22.9 Å². The minimum atomic E-state index is -0.573. The van der Waals surface area contributed by atoms with Crippen molar-refractivity contribution in [2.24, 2.45) is 0 Å². The Morgan fingerprint density at radius 1 is 1.50 bits per heavy atom. The highest BCUT2D eigenvalue weighted by atomic mass is 35.5. The Balaban J connectivity index is 2.33. The predicted octanol–water partition coefficient (Wildman–Crippen LogP) is 3.89. The van der Waals surface area contributed by atoms with E-state index in [1.807, 2.05) is 0 Å². The summed E-state index contributed by atoms with van der Waals surface area (Å²) in [5.74, 6) is -0.175. The lowest BCUT2D eigenvalue weighted by Crippen LogP contribution is -2.04. The van der Waals surface area contributed by atoms with Crippen LogP contribution in [0.5, 0.6) is 0 Å². The van der Waals surface area contributed by atoms with Gasteiger partial charge in [0.15, 0.2) is 5.13 Å². The van der Waals surface area contributed by atoms with Crippen molar-refractivity contribution in [1.29, 1.82) is 0 Å². The van der Waals surface area contributed by atoms with E-state index in [4.69, 9.17) is 11.6 Å². The molecule has 6 heteroatoms. The monoisotopic (exact) mass is 284 g/mol. The zero-order valence-electron chi connectivity index (χ0n) is 9.54. The molecule has 0 bridgehead atoms. The largest absolute Gasteiger partial charge is 0.302 e. The minimum absolute atomic E-state index is 0.175. The summed E-state index contributed by atoms with van der Waals surface area (Å²) in [7, 11) is 0. The average Bonchev–Trinajstić information content (AvgIpc) is 2.75. The van der Waals surface area contributed by atoms with Gasteiger partial charge in [-0.25, -0.2) is 9.37 Å². The number of rotatable bonds is 3. The number of alkyl halides is 1. The van der Waals surface area contributed by atoms with E-state index in [1.54, 1.807) is 23.6 Å². The Hall–Kier alpha value is -1.46. The van der Waals surface area contributed by atoms with Crippen LogP contribution < -0.4 is 5.32 Å². The molecule has 2 aromatic rings. The molecule has 1 aromatic heterocycles. The van der Waals surface area contributed by atoms with Crippen molar-refractivity contribution in [3.63, 3.8) is 0 Å². The standard InChI is InChI=1S/C12H10ClFN2OS/c1-7(17)15-12-16-11(6-18-12)9-2-8(5-14)3-10(13)4-9/h2-4,6H,5H2,1H3,(H,15,16,17). The topological polar surface area (TPSA) is 42.0 Å². The molecule has 0 fully saturated rings. The fourth-order valence-electron chi connectivity index (χ4n) is 1.49. The summed E-state index contributed by atoms with van der Waals surface area (Å²) >= 11 is 7.22. The number of nitrogens with one attached hydrogen (secondary N) is 1. The molecule has 94 valence electrons. The summed E-state index contributed by atoms with van der Waals surface area (Å²) in [6, 6.07) is 4.98. The third-order valence-electron chi connectivity index (χ3n) is 2.19. The Labute approximate surface area is 113 Å². The van der Waals surface area contributed by atoms with Crippen molar-refractivity contribution in [1.82, 2.24) is 4.98 Å². The maximum atomic E-state index is 12.6. The predicted molar refractivity (Wildman–Crippen MR) is 71.7 cm³/mol. The van der Waals surface area contributed by atoms with E-state index in [1.165, 1.54) is 18.3 Å². The van der Waals surface area contributed by atoms with Crippen LogP contribution in [0.1, 0.15) is 12.5 Å². The first-order valence-corrected chi connectivity index (χ1v) is 6.43. The fraction of sp³-hybridized carbons (Fsp3) is 0.167. The van der Waals surface area contributed by atoms with Gasteiger partial charge in [-0.2, -0.15) is 0 Å². The number of aromatic nitrogens is 1.